The molecule has 134 valence electrons. The number of nitrogens with zero attached hydrogens (tertiary/aromatic N) is 2. The summed E-state index contributed by atoms with van der Waals surface area (Å²) in [6.45, 7) is 2.51. The zero-order valence-electron chi connectivity index (χ0n) is 14.0. The van der Waals surface area contributed by atoms with E-state index in [9.17, 15) is 9.90 Å². The Morgan fingerprint density at radius 2 is 2.04 bits per heavy atom. The van der Waals surface area contributed by atoms with Crippen molar-refractivity contribution in [1.29, 1.82) is 0 Å². The minimum Gasteiger partial charge on any atom is -0.494 e. The lowest BCUT2D eigenvalue weighted by Gasteiger charge is -2.05. The van der Waals surface area contributed by atoms with Crippen LogP contribution >= 0.6 is 15.9 Å². The fraction of sp³-hybridized carbons (Fsp3) is 0.167. The molecule has 0 aliphatic carbocycles. The molecule has 3 aromatic rings. The smallest absolute Gasteiger partial charge is 0.283 e. The molecule has 3 N–H and O–H groups in total. The molecule has 0 atom stereocenters. The molecule has 0 saturated heterocycles. The summed E-state index contributed by atoms with van der Waals surface area (Å²) in [6.07, 6.45) is 0. The highest BCUT2D eigenvalue weighted by Crippen LogP contribution is 2.36. The Hall–Kier alpha value is -2.87. The van der Waals surface area contributed by atoms with E-state index in [1.165, 1.54) is 0 Å². The number of hydrogen-bond donors (Lipinski definition) is 3. The van der Waals surface area contributed by atoms with Crippen molar-refractivity contribution >= 4 is 44.1 Å². The zero-order chi connectivity index (χ0) is 18.5. The number of H-pyrrole nitrogens is 1. The highest BCUT2D eigenvalue weighted by Gasteiger charge is 2.11. The van der Waals surface area contributed by atoms with Gasteiger partial charge in [-0.05, 0) is 49.4 Å². The summed E-state index contributed by atoms with van der Waals surface area (Å²) in [5.41, 5.74) is 1.71. The topological polar surface area (TPSA) is 99.1 Å². The van der Waals surface area contributed by atoms with Crippen LogP contribution in [-0.2, 0) is 4.79 Å². The van der Waals surface area contributed by atoms with E-state index < -0.39 is 5.91 Å². The number of carbonyl (C=O) groups excluding carboxylic acids is 1. The molecule has 0 aliphatic heterocycles. The minimum atomic E-state index is -0.456. The van der Waals surface area contributed by atoms with Gasteiger partial charge in [0, 0.05) is 15.5 Å². The van der Waals surface area contributed by atoms with Crippen LogP contribution in [0.3, 0.4) is 0 Å². The molecule has 0 spiro atoms. The van der Waals surface area contributed by atoms with Gasteiger partial charge >= 0.3 is 0 Å². The number of hydrogen-bond acceptors (Lipinski definition) is 5. The number of anilines is 1. The fourth-order valence-corrected chi connectivity index (χ4v) is 2.75. The van der Waals surface area contributed by atoms with Gasteiger partial charge in [0.1, 0.15) is 5.75 Å². The van der Waals surface area contributed by atoms with Crippen LogP contribution in [0, 0.1) is 0 Å². The van der Waals surface area contributed by atoms with Crippen molar-refractivity contribution in [2.24, 2.45) is 10.2 Å². The van der Waals surface area contributed by atoms with E-state index in [2.05, 4.69) is 36.5 Å². The maximum absolute atomic E-state index is 11.9. The van der Waals surface area contributed by atoms with Crippen LogP contribution < -0.4 is 10.1 Å². The standard InChI is InChI=1S/C18H17BrN4O3/c1-2-26-13-6-4-12(5-7-13)20-10-16(24)22-23-17-14-9-11(19)3-8-15(14)21-18(17)25/h3-9,20-21,25H,2,10H2,1H3. The van der Waals surface area contributed by atoms with Crippen molar-refractivity contribution in [2.45, 2.75) is 6.92 Å². The van der Waals surface area contributed by atoms with Gasteiger partial charge in [-0.1, -0.05) is 15.9 Å². The third-order valence-electron chi connectivity index (χ3n) is 3.58. The number of aromatic nitrogens is 1. The fourth-order valence-electron chi connectivity index (χ4n) is 2.39. The molecule has 1 heterocycles. The van der Waals surface area contributed by atoms with Crippen LogP contribution in [0.15, 0.2) is 57.2 Å². The van der Waals surface area contributed by atoms with Crippen molar-refractivity contribution in [3.05, 3.63) is 46.9 Å². The van der Waals surface area contributed by atoms with Crippen molar-refractivity contribution in [2.75, 3.05) is 18.5 Å². The Kier molecular flexibility index (Phi) is 5.52. The largest absolute Gasteiger partial charge is 0.494 e. The molecule has 8 heteroatoms. The highest BCUT2D eigenvalue weighted by molar-refractivity contribution is 9.10. The summed E-state index contributed by atoms with van der Waals surface area (Å²) in [7, 11) is 0. The molecule has 1 aromatic heterocycles. The number of ether oxygens (including phenoxy) is 1. The molecule has 1 amide bonds. The third-order valence-corrected chi connectivity index (χ3v) is 4.08. The van der Waals surface area contributed by atoms with E-state index in [-0.39, 0.29) is 18.1 Å². The van der Waals surface area contributed by atoms with E-state index in [0.717, 1.165) is 15.9 Å². The van der Waals surface area contributed by atoms with Gasteiger partial charge in [0.15, 0.2) is 5.69 Å². The van der Waals surface area contributed by atoms with Gasteiger partial charge < -0.3 is 20.1 Å². The van der Waals surface area contributed by atoms with Gasteiger partial charge in [-0.2, -0.15) is 0 Å². The summed E-state index contributed by atoms with van der Waals surface area (Å²) < 4.78 is 6.20. The predicted octanol–water partition coefficient (Wildman–Crippen LogP) is 4.76. The number of amides is 1. The molecular formula is C18H17BrN4O3. The van der Waals surface area contributed by atoms with Crippen LogP contribution in [0.25, 0.3) is 10.9 Å². The van der Waals surface area contributed by atoms with Crippen LogP contribution in [-0.4, -0.2) is 29.1 Å². The second kappa shape index (κ2) is 8.01. The van der Waals surface area contributed by atoms with Gasteiger partial charge in [-0.25, -0.2) is 0 Å². The first-order chi connectivity index (χ1) is 12.6. The first-order valence-electron chi connectivity index (χ1n) is 7.98. The highest BCUT2D eigenvalue weighted by atomic mass is 79.9. The lowest BCUT2D eigenvalue weighted by Crippen LogP contribution is -2.10. The van der Waals surface area contributed by atoms with Crippen molar-refractivity contribution in [1.82, 2.24) is 4.98 Å². The Bertz CT molecular complexity index is 951. The van der Waals surface area contributed by atoms with E-state index in [1.54, 1.807) is 12.1 Å². The summed E-state index contributed by atoms with van der Waals surface area (Å²) in [6, 6.07) is 12.7. The Morgan fingerprint density at radius 3 is 2.77 bits per heavy atom. The number of fused-ring (bicyclic) bond motifs is 1. The summed E-state index contributed by atoms with van der Waals surface area (Å²) >= 11 is 3.37. The van der Waals surface area contributed by atoms with Crippen molar-refractivity contribution < 1.29 is 14.6 Å². The Labute approximate surface area is 158 Å². The average molecular weight is 417 g/mol. The number of rotatable bonds is 6. The number of carbonyl (C=O) groups is 1. The molecule has 3 rings (SSSR count). The SMILES string of the molecule is CCOc1ccc(NCC(=O)N=Nc2c(O)[nH]c3ccc(Br)cc23)cc1. The number of benzene rings is 2. The lowest BCUT2D eigenvalue weighted by atomic mass is 10.2. The predicted molar refractivity (Wildman–Crippen MR) is 103 cm³/mol. The number of aromatic amines is 1. The van der Waals surface area contributed by atoms with E-state index in [0.29, 0.717) is 17.5 Å². The molecule has 0 saturated carbocycles. The van der Waals surface area contributed by atoms with E-state index >= 15 is 0 Å². The zero-order valence-corrected chi connectivity index (χ0v) is 15.6. The summed E-state index contributed by atoms with van der Waals surface area (Å²) in [5.74, 6) is 0.182. The van der Waals surface area contributed by atoms with Gasteiger partial charge in [0.2, 0.25) is 5.88 Å². The Balaban J connectivity index is 1.64. The van der Waals surface area contributed by atoms with E-state index in [4.69, 9.17) is 4.74 Å². The number of nitrogens with one attached hydrogen (secondary N) is 2. The Morgan fingerprint density at radius 1 is 1.27 bits per heavy atom. The quantitative estimate of drug-likeness (QED) is 0.504. The summed E-state index contributed by atoms with van der Waals surface area (Å²) in [4.78, 5) is 14.7. The normalized spacial score (nSPS) is 11.2. The minimum absolute atomic E-state index is 0.00963. The molecule has 2 aromatic carbocycles. The van der Waals surface area contributed by atoms with Crippen molar-refractivity contribution in [3.8, 4) is 11.6 Å². The van der Waals surface area contributed by atoms with Gasteiger partial charge in [0.05, 0.1) is 18.7 Å². The third kappa shape index (κ3) is 4.20. The summed E-state index contributed by atoms with van der Waals surface area (Å²) in [5, 5.41) is 21.2. The monoisotopic (exact) mass is 416 g/mol. The first kappa shape index (κ1) is 17.9. The molecule has 0 bridgehead atoms. The first-order valence-corrected chi connectivity index (χ1v) is 8.77. The lowest BCUT2D eigenvalue weighted by molar-refractivity contribution is -0.116. The number of azo groups is 1. The molecular weight excluding hydrogens is 400 g/mol. The van der Waals surface area contributed by atoms with Gasteiger partial charge in [0.25, 0.3) is 5.91 Å². The van der Waals surface area contributed by atoms with Gasteiger partial charge in [-0.3, -0.25) is 4.79 Å². The number of aromatic hydroxyl groups is 1. The maximum atomic E-state index is 11.9. The van der Waals surface area contributed by atoms with Crippen molar-refractivity contribution in [3.63, 3.8) is 0 Å². The average Bonchev–Trinajstić information content (AvgIpc) is 2.94. The second-order valence-corrected chi connectivity index (χ2v) is 6.33. The molecule has 26 heavy (non-hydrogen) atoms. The molecule has 7 nitrogen and oxygen atoms in total. The maximum Gasteiger partial charge on any atom is 0.283 e. The van der Waals surface area contributed by atoms with Crippen LogP contribution in [0.2, 0.25) is 0 Å². The molecule has 0 unspecified atom stereocenters. The van der Waals surface area contributed by atoms with Crippen LogP contribution in [0.1, 0.15) is 6.92 Å². The van der Waals surface area contributed by atoms with Crippen LogP contribution in [0.5, 0.6) is 11.6 Å². The van der Waals surface area contributed by atoms with E-state index in [1.807, 2.05) is 37.3 Å². The molecule has 0 radical (unpaired) electrons. The number of halogens is 1. The van der Waals surface area contributed by atoms with Crippen LogP contribution in [0.4, 0.5) is 11.4 Å². The molecule has 0 aliphatic rings. The molecule has 0 fully saturated rings. The second-order valence-electron chi connectivity index (χ2n) is 5.42. The van der Waals surface area contributed by atoms with Gasteiger partial charge in [-0.15, -0.1) is 10.2 Å².